The van der Waals surface area contributed by atoms with Crippen LogP contribution in [0.25, 0.3) is 27.9 Å². The highest BCUT2D eigenvalue weighted by Gasteiger charge is 2.09. The van der Waals surface area contributed by atoms with Crippen molar-refractivity contribution in [3.05, 3.63) is 54.1 Å². The largest absolute Gasteiger partial charge is 0.452 e. The maximum atomic E-state index is 11.7. The number of carbonyl (C=O) groups excluding carboxylic acids is 2. The summed E-state index contributed by atoms with van der Waals surface area (Å²) in [6, 6.07) is 14.4. The first kappa shape index (κ1) is 16.8. The number of hydrogen-bond donors (Lipinski definition) is 1. The molecule has 0 aliphatic rings. The summed E-state index contributed by atoms with van der Waals surface area (Å²) in [5, 5.41) is 4.74. The lowest BCUT2D eigenvalue weighted by Crippen LogP contribution is -2.24. The number of nitrogens with zero attached hydrogens (tertiary/aromatic N) is 1. The van der Waals surface area contributed by atoms with E-state index in [0.717, 1.165) is 17.5 Å². The normalized spacial score (nSPS) is 11.3. The molecule has 0 aliphatic heterocycles. The van der Waals surface area contributed by atoms with Gasteiger partial charge in [-0.15, -0.1) is 0 Å². The van der Waals surface area contributed by atoms with Gasteiger partial charge in [-0.25, -0.2) is 4.79 Å². The highest BCUT2D eigenvalue weighted by atomic mass is 16.5. The molecule has 1 N–H and O–H groups in total. The van der Waals surface area contributed by atoms with E-state index in [9.17, 15) is 9.59 Å². The van der Waals surface area contributed by atoms with Crippen LogP contribution in [0.2, 0.25) is 0 Å². The monoisotopic (exact) mass is 336 g/mol. The van der Waals surface area contributed by atoms with Gasteiger partial charge in [-0.3, -0.25) is 4.79 Å². The van der Waals surface area contributed by atoms with Crippen LogP contribution in [0, 0.1) is 0 Å². The van der Waals surface area contributed by atoms with Crippen molar-refractivity contribution in [2.45, 2.75) is 13.5 Å². The molecule has 0 unspecified atom stereocenters. The summed E-state index contributed by atoms with van der Waals surface area (Å²) < 4.78 is 7.13. The average Bonchev–Trinajstić information content (AvgIpc) is 2.97. The van der Waals surface area contributed by atoms with Crippen LogP contribution >= 0.6 is 0 Å². The summed E-state index contributed by atoms with van der Waals surface area (Å²) in [5.41, 5.74) is 3.28. The van der Waals surface area contributed by atoms with E-state index < -0.39 is 5.97 Å². The Morgan fingerprint density at radius 1 is 1.12 bits per heavy atom. The van der Waals surface area contributed by atoms with E-state index >= 15 is 0 Å². The second kappa shape index (κ2) is 7.21. The Morgan fingerprint density at radius 2 is 1.88 bits per heavy atom. The molecule has 2 aromatic carbocycles. The minimum atomic E-state index is -0.542. The first-order valence-corrected chi connectivity index (χ1v) is 8.20. The molecule has 5 heteroatoms. The number of rotatable bonds is 5. The molecule has 0 bridgehead atoms. The van der Waals surface area contributed by atoms with Crippen LogP contribution in [0.15, 0.2) is 48.5 Å². The number of esters is 1. The van der Waals surface area contributed by atoms with Gasteiger partial charge in [0.25, 0.3) is 5.91 Å². The zero-order chi connectivity index (χ0) is 17.8. The summed E-state index contributed by atoms with van der Waals surface area (Å²) in [6.07, 6.45) is 3.03. The minimum absolute atomic E-state index is 0.275. The molecule has 1 heterocycles. The van der Waals surface area contributed by atoms with Crippen molar-refractivity contribution in [2.75, 3.05) is 13.7 Å². The molecule has 0 atom stereocenters. The second-order valence-electron chi connectivity index (χ2n) is 5.65. The third-order valence-electron chi connectivity index (χ3n) is 4.15. The molecule has 0 fully saturated rings. The number of aryl methyl sites for hydroxylation is 1. The average molecular weight is 336 g/mol. The Balaban J connectivity index is 1.89. The standard InChI is InChI=1S/C20H20N2O3/c1-3-22-17-7-5-4-6-15(17)16-12-14(8-10-18(16)22)9-11-20(24)25-13-19(23)21-2/h4-12H,3,13H2,1-2H3,(H,21,23). The first-order valence-electron chi connectivity index (χ1n) is 8.20. The fraction of sp³-hybridized carbons (Fsp3) is 0.200. The number of carbonyl (C=O) groups is 2. The highest BCUT2D eigenvalue weighted by Crippen LogP contribution is 2.29. The molecule has 1 amide bonds. The summed E-state index contributed by atoms with van der Waals surface area (Å²) in [6.45, 7) is 2.75. The van der Waals surface area contributed by atoms with E-state index in [0.29, 0.717) is 0 Å². The van der Waals surface area contributed by atoms with Crippen molar-refractivity contribution in [2.24, 2.45) is 0 Å². The van der Waals surface area contributed by atoms with Gasteiger partial charge >= 0.3 is 5.97 Å². The van der Waals surface area contributed by atoms with Gasteiger partial charge in [-0.05, 0) is 36.8 Å². The van der Waals surface area contributed by atoms with Crippen LogP contribution in [0.1, 0.15) is 12.5 Å². The van der Waals surface area contributed by atoms with Gasteiger partial charge in [0.05, 0.1) is 0 Å². The van der Waals surface area contributed by atoms with Crippen LogP contribution in [-0.4, -0.2) is 30.1 Å². The number of aromatic nitrogens is 1. The van der Waals surface area contributed by atoms with E-state index in [1.807, 2.05) is 18.2 Å². The van der Waals surface area contributed by atoms with E-state index in [4.69, 9.17) is 4.74 Å². The third-order valence-corrected chi connectivity index (χ3v) is 4.15. The molecule has 0 radical (unpaired) electrons. The predicted molar refractivity (Wildman–Crippen MR) is 99.2 cm³/mol. The first-order chi connectivity index (χ1) is 12.1. The van der Waals surface area contributed by atoms with Crippen LogP contribution in [0.4, 0.5) is 0 Å². The molecule has 3 aromatic rings. The predicted octanol–water partition coefficient (Wildman–Crippen LogP) is 3.12. The van der Waals surface area contributed by atoms with Gasteiger partial charge in [0.15, 0.2) is 6.61 Å². The zero-order valence-electron chi connectivity index (χ0n) is 14.3. The topological polar surface area (TPSA) is 60.3 Å². The Kier molecular flexibility index (Phi) is 4.84. The van der Waals surface area contributed by atoms with Crippen molar-refractivity contribution < 1.29 is 14.3 Å². The van der Waals surface area contributed by atoms with E-state index in [2.05, 4.69) is 41.1 Å². The molecule has 5 nitrogen and oxygen atoms in total. The molecule has 3 rings (SSSR count). The van der Waals surface area contributed by atoms with E-state index in [-0.39, 0.29) is 12.5 Å². The smallest absolute Gasteiger partial charge is 0.331 e. The maximum absolute atomic E-state index is 11.7. The van der Waals surface area contributed by atoms with Gasteiger partial charge in [0, 0.05) is 41.5 Å². The molecule has 25 heavy (non-hydrogen) atoms. The number of para-hydroxylation sites is 1. The van der Waals surface area contributed by atoms with Crippen molar-refractivity contribution in [1.29, 1.82) is 0 Å². The van der Waals surface area contributed by atoms with Crippen LogP contribution in [-0.2, 0) is 20.9 Å². The zero-order valence-corrected chi connectivity index (χ0v) is 14.3. The molecular formula is C20H20N2O3. The SMILES string of the molecule is CCn1c2ccccc2c2cc(C=CC(=O)OCC(=O)NC)ccc21. The number of likely N-dealkylation sites (N-methyl/N-ethyl adjacent to an activating group) is 1. The lowest BCUT2D eigenvalue weighted by atomic mass is 10.1. The Morgan fingerprint density at radius 3 is 2.64 bits per heavy atom. The summed E-state index contributed by atoms with van der Waals surface area (Å²) in [7, 11) is 1.49. The Bertz CT molecular complexity index is 970. The minimum Gasteiger partial charge on any atom is -0.452 e. The number of ether oxygens (including phenoxy) is 1. The fourth-order valence-corrected chi connectivity index (χ4v) is 2.94. The molecule has 0 saturated heterocycles. The van der Waals surface area contributed by atoms with Crippen molar-refractivity contribution >= 4 is 39.8 Å². The number of fused-ring (bicyclic) bond motifs is 3. The van der Waals surface area contributed by atoms with Crippen LogP contribution in [0.5, 0.6) is 0 Å². The summed E-state index contributed by atoms with van der Waals surface area (Å²) in [5.74, 6) is -0.879. The summed E-state index contributed by atoms with van der Waals surface area (Å²) >= 11 is 0. The van der Waals surface area contributed by atoms with Gasteiger partial charge in [-0.1, -0.05) is 24.3 Å². The molecule has 128 valence electrons. The van der Waals surface area contributed by atoms with Crippen molar-refractivity contribution in [3.63, 3.8) is 0 Å². The summed E-state index contributed by atoms with van der Waals surface area (Å²) in [4.78, 5) is 22.7. The highest BCUT2D eigenvalue weighted by molar-refractivity contribution is 6.08. The van der Waals surface area contributed by atoms with Crippen LogP contribution in [0.3, 0.4) is 0 Å². The van der Waals surface area contributed by atoms with Crippen LogP contribution < -0.4 is 5.32 Å². The maximum Gasteiger partial charge on any atom is 0.331 e. The van der Waals surface area contributed by atoms with E-state index in [1.54, 1.807) is 6.08 Å². The Hall–Kier alpha value is -3.08. The van der Waals surface area contributed by atoms with Gasteiger partial charge in [-0.2, -0.15) is 0 Å². The number of benzene rings is 2. The van der Waals surface area contributed by atoms with Crippen molar-refractivity contribution in [3.8, 4) is 0 Å². The number of nitrogens with one attached hydrogen (secondary N) is 1. The number of amides is 1. The second-order valence-corrected chi connectivity index (χ2v) is 5.65. The lowest BCUT2D eigenvalue weighted by Gasteiger charge is -2.03. The number of hydrogen-bond acceptors (Lipinski definition) is 3. The van der Waals surface area contributed by atoms with E-state index in [1.165, 1.54) is 29.5 Å². The van der Waals surface area contributed by atoms with Gasteiger partial charge in [0.1, 0.15) is 0 Å². The molecule has 0 aliphatic carbocycles. The third kappa shape index (κ3) is 3.40. The fourth-order valence-electron chi connectivity index (χ4n) is 2.94. The quantitative estimate of drug-likeness (QED) is 0.575. The Labute approximate surface area is 145 Å². The molecule has 0 spiro atoms. The van der Waals surface area contributed by atoms with Crippen molar-refractivity contribution in [1.82, 2.24) is 9.88 Å². The molecule has 1 aromatic heterocycles. The molecule has 0 saturated carbocycles. The lowest BCUT2D eigenvalue weighted by molar-refractivity contribution is -0.143. The van der Waals surface area contributed by atoms with Gasteiger partial charge < -0.3 is 14.6 Å². The van der Waals surface area contributed by atoms with Gasteiger partial charge in [0.2, 0.25) is 0 Å². The molecular weight excluding hydrogens is 316 g/mol.